The Balaban J connectivity index is 0.797. The SMILES string of the molecule is COC(=O)N[C@H](C(=O)N1CCC[C@H]1c1nc(-c2ccc3cc(-c4ccc(-c5cnc([C@@H]6CCCN6C(=O)[C@@H](NC(=O)OC6CCOCC6)c6ccccc6)[nH]5)cc4)ccc3c2)c[nH]1)C1CCOCC1. The van der Waals surface area contributed by atoms with Crippen molar-refractivity contribution in [2.45, 2.75) is 81.6 Å². The Bertz CT molecular complexity index is 2760. The average molecular weight is 935 g/mol. The summed E-state index contributed by atoms with van der Waals surface area (Å²) in [5, 5.41) is 7.87. The predicted octanol–water partition coefficient (Wildman–Crippen LogP) is 8.41. The lowest BCUT2D eigenvalue weighted by molar-refractivity contribution is -0.137. The molecule has 2 aromatic heterocycles. The molecule has 4 aliphatic rings. The molecule has 4 aromatic carbocycles. The first-order valence-electron chi connectivity index (χ1n) is 24.2. The van der Waals surface area contributed by atoms with Gasteiger partial charge in [0.25, 0.3) is 5.91 Å². The molecule has 4 aliphatic heterocycles. The van der Waals surface area contributed by atoms with Crippen LogP contribution < -0.4 is 10.6 Å². The van der Waals surface area contributed by atoms with E-state index < -0.39 is 24.3 Å². The van der Waals surface area contributed by atoms with Crippen molar-refractivity contribution in [3.05, 3.63) is 121 Å². The number of ether oxygens (including phenoxy) is 4. The quantitative estimate of drug-likeness (QED) is 0.0926. The van der Waals surface area contributed by atoms with Crippen molar-refractivity contribution in [1.82, 2.24) is 40.4 Å². The second-order valence-corrected chi connectivity index (χ2v) is 18.4. The molecule has 0 unspecified atom stereocenters. The molecular weight excluding hydrogens is 877 g/mol. The van der Waals surface area contributed by atoms with Crippen LogP contribution >= 0.6 is 0 Å². The zero-order chi connectivity index (χ0) is 47.3. The Morgan fingerprint density at radius 2 is 1.30 bits per heavy atom. The van der Waals surface area contributed by atoms with Gasteiger partial charge in [-0.05, 0) is 89.6 Å². The van der Waals surface area contributed by atoms with E-state index in [0.29, 0.717) is 76.6 Å². The number of likely N-dealkylation sites (tertiary alicyclic amines) is 2. The van der Waals surface area contributed by atoms with Gasteiger partial charge >= 0.3 is 12.2 Å². The highest BCUT2D eigenvalue weighted by Crippen LogP contribution is 2.37. The van der Waals surface area contributed by atoms with Crippen molar-refractivity contribution in [3.63, 3.8) is 0 Å². The van der Waals surface area contributed by atoms with Gasteiger partial charge in [0.2, 0.25) is 5.91 Å². The van der Waals surface area contributed by atoms with E-state index >= 15 is 0 Å². The number of amides is 4. The molecule has 69 heavy (non-hydrogen) atoms. The number of benzene rings is 4. The van der Waals surface area contributed by atoms with Crippen LogP contribution in [0.3, 0.4) is 0 Å². The summed E-state index contributed by atoms with van der Waals surface area (Å²) in [4.78, 5) is 74.1. The van der Waals surface area contributed by atoms with E-state index in [2.05, 4.69) is 81.3 Å². The van der Waals surface area contributed by atoms with Crippen molar-refractivity contribution in [2.75, 3.05) is 46.6 Å². The first-order chi connectivity index (χ1) is 33.8. The molecule has 0 aliphatic carbocycles. The van der Waals surface area contributed by atoms with Gasteiger partial charge in [0.05, 0.1) is 50.0 Å². The molecule has 4 atom stereocenters. The first kappa shape index (κ1) is 45.7. The van der Waals surface area contributed by atoms with E-state index in [4.69, 9.17) is 28.9 Å². The number of hydrogen-bond acceptors (Lipinski definition) is 10. The van der Waals surface area contributed by atoms with Crippen LogP contribution in [0.25, 0.3) is 44.4 Å². The molecule has 6 aromatic rings. The fourth-order valence-electron chi connectivity index (χ4n) is 10.4. The second-order valence-electron chi connectivity index (χ2n) is 18.4. The Kier molecular flexibility index (Phi) is 13.7. The number of nitrogens with one attached hydrogen (secondary N) is 4. The maximum Gasteiger partial charge on any atom is 0.408 e. The third-order valence-corrected chi connectivity index (χ3v) is 14.1. The van der Waals surface area contributed by atoms with Crippen molar-refractivity contribution < 1.29 is 38.1 Å². The summed E-state index contributed by atoms with van der Waals surface area (Å²) in [6, 6.07) is 28.3. The molecule has 358 valence electrons. The van der Waals surface area contributed by atoms with Crippen LogP contribution in [0.2, 0.25) is 0 Å². The summed E-state index contributed by atoms with van der Waals surface area (Å²) in [5.74, 6) is 1.08. The number of carbonyl (C=O) groups excluding carboxylic acids is 4. The molecule has 0 radical (unpaired) electrons. The third kappa shape index (κ3) is 10.1. The maximum atomic E-state index is 14.3. The van der Waals surface area contributed by atoms with Crippen molar-refractivity contribution >= 4 is 34.8 Å². The molecular formula is C53H58N8O8. The van der Waals surface area contributed by atoms with E-state index in [1.54, 1.807) is 0 Å². The summed E-state index contributed by atoms with van der Waals surface area (Å²) < 4.78 is 21.5. The standard InChI is InChI=1S/C53H58N8O8/c1-66-52(64)58-47(36-19-25-67-26-20-36)51(63)61-24-6-10-45(61)49-55-32-43(57-49)40-18-17-38-29-37(15-16-39(38)30-40)33-11-13-34(14-12-33)42-31-54-48(56-42)44-9-5-23-60(44)50(62)46(35-7-3-2-4-8-35)59-53(65)69-41-21-27-68-28-22-41/h2-4,7-8,11-18,29-32,36,41,44-47H,5-6,9-10,19-28H2,1H3,(H,54,56)(H,55,57)(H,58,64)(H,59,65)/t44-,45-,46-,47-/m0/s1. The molecule has 6 heterocycles. The maximum absolute atomic E-state index is 14.3. The molecule has 16 nitrogen and oxygen atoms in total. The number of fused-ring (bicyclic) bond motifs is 1. The summed E-state index contributed by atoms with van der Waals surface area (Å²) >= 11 is 0. The van der Waals surface area contributed by atoms with E-state index in [9.17, 15) is 19.2 Å². The number of imidazole rings is 2. The number of alkyl carbamates (subject to hydrolysis) is 2. The lowest BCUT2D eigenvalue weighted by Gasteiger charge is -2.34. The van der Waals surface area contributed by atoms with Crippen LogP contribution in [0.1, 0.15) is 86.7 Å². The monoisotopic (exact) mass is 934 g/mol. The zero-order valence-corrected chi connectivity index (χ0v) is 38.7. The Morgan fingerprint density at radius 1 is 0.681 bits per heavy atom. The Labute approximate surface area is 400 Å². The summed E-state index contributed by atoms with van der Waals surface area (Å²) in [5.41, 5.74) is 6.42. The molecule has 0 saturated carbocycles. The van der Waals surface area contributed by atoms with E-state index in [0.717, 1.165) is 75.9 Å². The second kappa shape index (κ2) is 20.7. The van der Waals surface area contributed by atoms with Crippen LogP contribution in [-0.2, 0) is 28.5 Å². The van der Waals surface area contributed by atoms with E-state index in [1.807, 2.05) is 52.5 Å². The molecule has 16 heteroatoms. The normalized spacial score (nSPS) is 19.8. The number of rotatable bonds is 12. The van der Waals surface area contributed by atoms with Crippen molar-refractivity contribution in [1.29, 1.82) is 0 Å². The Morgan fingerprint density at radius 3 is 2.01 bits per heavy atom. The number of hydrogen-bond donors (Lipinski definition) is 4. The molecule has 4 N–H and O–H groups in total. The minimum atomic E-state index is -0.905. The van der Waals surface area contributed by atoms with Gasteiger partial charge in [0.1, 0.15) is 29.8 Å². The van der Waals surface area contributed by atoms with Gasteiger partial charge in [0.15, 0.2) is 0 Å². The highest BCUT2D eigenvalue weighted by molar-refractivity contribution is 5.91. The summed E-state index contributed by atoms with van der Waals surface area (Å²) in [6.07, 6.45) is 8.06. The average Bonchev–Trinajstić information content (AvgIpc) is 4.26. The number of H-pyrrole nitrogens is 2. The summed E-state index contributed by atoms with van der Waals surface area (Å²) in [6.45, 7) is 3.33. The fraction of sp³-hybridized carbons (Fsp3) is 0.396. The van der Waals surface area contributed by atoms with Gasteiger partial charge in [0, 0.05) is 50.9 Å². The number of methoxy groups -OCH3 is 1. The largest absolute Gasteiger partial charge is 0.453 e. The lowest BCUT2D eigenvalue weighted by Crippen LogP contribution is -2.53. The molecule has 0 bridgehead atoms. The van der Waals surface area contributed by atoms with Gasteiger partial charge in [-0.15, -0.1) is 0 Å². The molecule has 10 rings (SSSR count). The number of nitrogens with zero attached hydrogens (tertiary/aromatic N) is 4. The van der Waals surface area contributed by atoms with Crippen LogP contribution in [0.4, 0.5) is 9.59 Å². The third-order valence-electron chi connectivity index (χ3n) is 14.1. The number of carbonyl (C=O) groups is 4. The smallest absolute Gasteiger partial charge is 0.408 e. The zero-order valence-electron chi connectivity index (χ0n) is 38.7. The predicted molar refractivity (Wildman–Crippen MR) is 257 cm³/mol. The van der Waals surface area contributed by atoms with Crippen LogP contribution in [0.5, 0.6) is 0 Å². The first-order valence-corrected chi connectivity index (χ1v) is 24.2. The van der Waals surface area contributed by atoms with Crippen LogP contribution in [0.15, 0.2) is 103 Å². The summed E-state index contributed by atoms with van der Waals surface area (Å²) in [7, 11) is 1.31. The highest BCUT2D eigenvalue weighted by Gasteiger charge is 2.41. The fourth-order valence-corrected chi connectivity index (χ4v) is 10.4. The van der Waals surface area contributed by atoms with Crippen molar-refractivity contribution in [2.24, 2.45) is 5.92 Å². The number of aromatic nitrogens is 4. The van der Waals surface area contributed by atoms with Gasteiger partial charge in [-0.1, -0.05) is 78.9 Å². The highest BCUT2D eigenvalue weighted by atomic mass is 16.6. The minimum Gasteiger partial charge on any atom is -0.453 e. The number of aromatic amines is 2. The van der Waals surface area contributed by atoms with Gasteiger partial charge in [-0.2, -0.15) is 0 Å². The van der Waals surface area contributed by atoms with E-state index in [1.165, 1.54) is 7.11 Å². The molecule has 4 amide bonds. The molecule has 0 spiro atoms. The van der Waals surface area contributed by atoms with E-state index in [-0.39, 0.29) is 35.9 Å². The molecule has 4 saturated heterocycles. The topological polar surface area (TPSA) is 193 Å². The van der Waals surface area contributed by atoms with Crippen LogP contribution in [-0.4, -0.2) is 113 Å². The van der Waals surface area contributed by atoms with Gasteiger partial charge in [-0.3, -0.25) is 9.59 Å². The molecule has 4 fully saturated rings. The lowest BCUT2D eigenvalue weighted by atomic mass is 9.90. The van der Waals surface area contributed by atoms with Gasteiger partial charge in [-0.25, -0.2) is 19.6 Å². The minimum absolute atomic E-state index is 0.0325. The Hall–Kier alpha value is -7.04. The van der Waals surface area contributed by atoms with Crippen LogP contribution in [0, 0.1) is 5.92 Å². The van der Waals surface area contributed by atoms with Gasteiger partial charge < -0.3 is 49.3 Å². The van der Waals surface area contributed by atoms with Crippen molar-refractivity contribution in [3.8, 4) is 33.6 Å².